The van der Waals surface area contributed by atoms with Crippen LogP contribution in [0.15, 0.2) is 18.2 Å². The van der Waals surface area contributed by atoms with E-state index in [1.807, 2.05) is 52.8 Å². The summed E-state index contributed by atoms with van der Waals surface area (Å²) in [5, 5.41) is 7.40. The molecular formula is C14H20BNO2. The van der Waals surface area contributed by atoms with Crippen molar-refractivity contribution in [2.45, 2.75) is 45.8 Å². The van der Waals surface area contributed by atoms with Crippen molar-refractivity contribution in [3.05, 3.63) is 29.3 Å². The predicted molar refractivity (Wildman–Crippen MR) is 74.8 cm³/mol. The van der Waals surface area contributed by atoms with Crippen LogP contribution in [0.5, 0.6) is 0 Å². The van der Waals surface area contributed by atoms with Crippen LogP contribution in [-0.4, -0.2) is 24.5 Å². The lowest BCUT2D eigenvalue weighted by Crippen LogP contribution is -2.41. The van der Waals surface area contributed by atoms with Crippen molar-refractivity contribution in [1.82, 2.24) is 0 Å². The molecule has 1 aliphatic rings. The monoisotopic (exact) mass is 245 g/mol. The maximum Gasteiger partial charge on any atom is 0.494 e. The Balaban J connectivity index is 2.32. The van der Waals surface area contributed by atoms with E-state index in [2.05, 4.69) is 0 Å². The maximum absolute atomic E-state index is 7.40. The van der Waals surface area contributed by atoms with Gasteiger partial charge in [-0.3, -0.25) is 0 Å². The minimum atomic E-state index is -0.353. The number of nitrogens with one attached hydrogen (secondary N) is 1. The molecule has 3 nitrogen and oxygen atoms in total. The number of benzene rings is 1. The number of hydrogen-bond acceptors (Lipinski definition) is 3. The summed E-state index contributed by atoms with van der Waals surface area (Å²) in [5.41, 5.74) is 2.31. The molecule has 4 heteroatoms. The van der Waals surface area contributed by atoms with Gasteiger partial charge in [-0.25, -0.2) is 0 Å². The predicted octanol–water partition coefficient (Wildman–Crippen LogP) is 2.29. The Labute approximate surface area is 109 Å². The second-order valence-corrected chi connectivity index (χ2v) is 5.85. The Morgan fingerprint density at radius 1 is 1.11 bits per heavy atom. The van der Waals surface area contributed by atoms with Crippen LogP contribution in [0, 0.1) is 12.3 Å². The molecule has 1 aromatic carbocycles. The summed E-state index contributed by atoms with van der Waals surface area (Å²) in [6.07, 6.45) is 1.37. The SMILES string of the molecule is Cc1ccc(B2OC(C)(C)C(C)(C)O2)cc1C=N. The van der Waals surface area contributed by atoms with Gasteiger partial charge in [0.1, 0.15) is 0 Å². The molecule has 1 saturated heterocycles. The molecule has 1 N–H and O–H groups in total. The van der Waals surface area contributed by atoms with E-state index in [1.165, 1.54) is 6.21 Å². The molecule has 1 fully saturated rings. The van der Waals surface area contributed by atoms with Crippen molar-refractivity contribution in [1.29, 1.82) is 5.41 Å². The molecule has 0 radical (unpaired) electrons. The molecule has 1 aliphatic heterocycles. The van der Waals surface area contributed by atoms with Gasteiger partial charge < -0.3 is 14.7 Å². The lowest BCUT2D eigenvalue weighted by Gasteiger charge is -2.32. The fraction of sp³-hybridized carbons (Fsp3) is 0.500. The van der Waals surface area contributed by atoms with Gasteiger partial charge in [-0.15, -0.1) is 0 Å². The van der Waals surface area contributed by atoms with E-state index in [0.29, 0.717) is 0 Å². The first-order valence-corrected chi connectivity index (χ1v) is 6.23. The van der Waals surface area contributed by atoms with Crippen molar-refractivity contribution in [3.8, 4) is 0 Å². The molecule has 96 valence electrons. The van der Waals surface area contributed by atoms with Gasteiger partial charge >= 0.3 is 7.12 Å². The Morgan fingerprint density at radius 2 is 1.67 bits per heavy atom. The first-order chi connectivity index (χ1) is 8.27. The van der Waals surface area contributed by atoms with Crippen molar-refractivity contribution >= 4 is 18.8 Å². The third kappa shape index (κ3) is 2.11. The zero-order valence-corrected chi connectivity index (χ0v) is 11.7. The fourth-order valence-electron chi connectivity index (χ4n) is 1.94. The summed E-state index contributed by atoms with van der Waals surface area (Å²) >= 11 is 0. The van der Waals surface area contributed by atoms with Gasteiger partial charge in [-0.2, -0.15) is 0 Å². The topological polar surface area (TPSA) is 42.3 Å². The van der Waals surface area contributed by atoms with Gasteiger partial charge in [0, 0.05) is 6.21 Å². The number of rotatable bonds is 2. The molecule has 0 spiro atoms. The Kier molecular flexibility index (Phi) is 3.12. The highest BCUT2D eigenvalue weighted by Crippen LogP contribution is 2.36. The van der Waals surface area contributed by atoms with E-state index >= 15 is 0 Å². The Bertz CT molecular complexity index is 467. The van der Waals surface area contributed by atoms with E-state index in [0.717, 1.165) is 16.6 Å². The highest BCUT2D eigenvalue weighted by atomic mass is 16.7. The van der Waals surface area contributed by atoms with Gasteiger partial charge in [0.15, 0.2) is 0 Å². The minimum Gasteiger partial charge on any atom is -0.399 e. The minimum absolute atomic E-state index is 0.326. The van der Waals surface area contributed by atoms with Gasteiger partial charge in [0.25, 0.3) is 0 Å². The summed E-state index contributed by atoms with van der Waals surface area (Å²) in [6.45, 7) is 10.2. The summed E-state index contributed by atoms with van der Waals surface area (Å²) < 4.78 is 12.0. The number of hydrogen-bond donors (Lipinski definition) is 1. The van der Waals surface area contributed by atoms with Gasteiger partial charge in [0.05, 0.1) is 11.2 Å². The van der Waals surface area contributed by atoms with Gasteiger partial charge in [0.2, 0.25) is 0 Å². The van der Waals surface area contributed by atoms with Crippen LogP contribution >= 0.6 is 0 Å². The zero-order chi connectivity index (χ0) is 13.6. The standard InChI is InChI=1S/C14H20BNO2/c1-10-6-7-12(8-11(10)9-16)15-17-13(2,3)14(4,5)18-15/h6-9,16H,1-5H3. The summed E-state index contributed by atoms with van der Waals surface area (Å²) in [5.74, 6) is 0. The molecule has 0 unspecified atom stereocenters. The average Bonchev–Trinajstić information content (AvgIpc) is 2.49. The molecule has 1 aromatic rings. The van der Waals surface area contributed by atoms with E-state index in [4.69, 9.17) is 14.7 Å². The highest BCUT2D eigenvalue weighted by molar-refractivity contribution is 6.62. The van der Waals surface area contributed by atoms with Gasteiger partial charge in [-0.1, -0.05) is 18.2 Å². The van der Waals surface area contributed by atoms with Crippen molar-refractivity contribution in [2.24, 2.45) is 0 Å². The quantitative estimate of drug-likeness (QED) is 0.641. The second kappa shape index (κ2) is 4.21. The normalized spacial score (nSPS) is 21.1. The van der Waals surface area contributed by atoms with Crippen LogP contribution in [0.3, 0.4) is 0 Å². The molecule has 1 heterocycles. The molecule has 0 amide bonds. The average molecular weight is 245 g/mol. The van der Waals surface area contributed by atoms with Gasteiger partial charge in [-0.05, 0) is 51.2 Å². The molecule has 0 aliphatic carbocycles. The molecule has 0 bridgehead atoms. The van der Waals surface area contributed by atoms with Crippen LogP contribution in [0.25, 0.3) is 0 Å². The number of aryl methyl sites for hydroxylation is 1. The summed E-state index contributed by atoms with van der Waals surface area (Å²) in [7, 11) is -0.353. The van der Waals surface area contributed by atoms with E-state index < -0.39 is 0 Å². The van der Waals surface area contributed by atoms with E-state index in [1.54, 1.807) is 0 Å². The molecule has 2 rings (SSSR count). The van der Waals surface area contributed by atoms with Crippen LogP contribution < -0.4 is 5.46 Å². The molecule has 0 atom stereocenters. The first kappa shape index (κ1) is 13.3. The lowest BCUT2D eigenvalue weighted by molar-refractivity contribution is 0.00578. The van der Waals surface area contributed by atoms with Crippen molar-refractivity contribution in [3.63, 3.8) is 0 Å². The van der Waals surface area contributed by atoms with Crippen molar-refractivity contribution < 1.29 is 9.31 Å². The Morgan fingerprint density at radius 3 is 2.17 bits per heavy atom. The summed E-state index contributed by atoms with van der Waals surface area (Å²) in [6, 6.07) is 5.97. The third-order valence-electron chi connectivity index (χ3n) is 3.98. The Hall–Kier alpha value is -1.13. The lowest BCUT2D eigenvalue weighted by atomic mass is 9.78. The van der Waals surface area contributed by atoms with E-state index in [-0.39, 0.29) is 18.3 Å². The smallest absolute Gasteiger partial charge is 0.399 e. The maximum atomic E-state index is 7.40. The fourth-order valence-corrected chi connectivity index (χ4v) is 1.94. The zero-order valence-electron chi connectivity index (χ0n) is 11.7. The first-order valence-electron chi connectivity index (χ1n) is 6.23. The molecule has 18 heavy (non-hydrogen) atoms. The van der Waals surface area contributed by atoms with Crippen LogP contribution in [-0.2, 0) is 9.31 Å². The van der Waals surface area contributed by atoms with E-state index in [9.17, 15) is 0 Å². The highest BCUT2D eigenvalue weighted by Gasteiger charge is 2.51. The molecule has 0 aromatic heterocycles. The van der Waals surface area contributed by atoms with Crippen molar-refractivity contribution in [2.75, 3.05) is 0 Å². The second-order valence-electron chi connectivity index (χ2n) is 5.85. The molecular weight excluding hydrogens is 225 g/mol. The third-order valence-corrected chi connectivity index (χ3v) is 3.98. The largest absolute Gasteiger partial charge is 0.494 e. The molecule has 0 saturated carbocycles. The van der Waals surface area contributed by atoms with Crippen LogP contribution in [0.4, 0.5) is 0 Å². The summed E-state index contributed by atoms with van der Waals surface area (Å²) in [4.78, 5) is 0. The van der Waals surface area contributed by atoms with Crippen LogP contribution in [0.1, 0.15) is 38.8 Å². The van der Waals surface area contributed by atoms with Crippen LogP contribution in [0.2, 0.25) is 0 Å².